The van der Waals surface area contributed by atoms with Gasteiger partial charge in [-0.15, -0.1) is 0 Å². The van der Waals surface area contributed by atoms with Crippen LogP contribution in [0.2, 0.25) is 0 Å². The summed E-state index contributed by atoms with van der Waals surface area (Å²) < 4.78 is 0. The second-order valence-electron chi connectivity index (χ2n) is 5.53. The standard InChI is InChI=1S/C18H20N2O/c21-18-12-19-17(11-15-7-3-1-4-8-15)14-20(18)13-16-9-5-2-6-10-16/h1-10,17,19H,11-14H2/t17-/m0/s1. The van der Waals surface area contributed by atoms with Gasteiger partial charge in [0, 0.05) is 19.1 Å². The molecule has 1 heterocycles. The average molecular weight is 280 g/mol. The van der Waals surface area contributed by atoms with Crippen molar-refractivity contribution in [3.05, 3.63) is 71.8 Å². The van der Waals surface area contributed by atoms with Gasteiger partial charge in [0.2, 0.25) is 5.91 Å². The van der Waals surface area contributed by atoms with Crippen LogP contribution in [0.1, 0.15) is 11.1 Å². The molecule has 1 amide bonds. The van der Waals surface area contributed by atoms with Crippen LogP contribution in [0.4, 0.5) is 0 Å². The number of amides is 1. The van der Waals surface area contributed by atoms with Crippen molar-refractivity contribution in [1.29, 1.82) is 0 Å². The van der Waals surface area contributed by atoms with Crippen molar-refractivity contribution in [2.75, 3.05) is 13.1 Å². The summed E-state index contributed by atoms with van der Waals surface area (Å²) in [5, 5.41) is 3.34. The summed E-state index contributed by atoms with van der Waals surface area (Å²) in [7, 11) is 0. The molecular formula is C18H20N2O. The van der Waals surface area contributed by atoms with Crippen LogP contribution in [0.3, 0.4) is 0 Å². The van der Waals surface area contributed by atoms with Crippen LogP contribution in [0.5, 0.6) is 0 Å². The van der Waals surface area contributed by atoms with Crippen LogP contribution >= 0.6 is 0 Å². The van der Waals surface area contributed by atoms with Gasteiger partial charge in [0.05, 0.1) is 6.54 Å². The molecule has 1 fully saturated rings. The van der Waals surface area contributed by atoms with Gasteiger partial charge in [0.1, 0.15) is 0 Å². The topological polar surface area (TPSA) is 32.3 Å². The number of hydrogen-bond acceptors (Lipinski definition) is 2. The molecule has 0 spiro atoms. The van der Waals surface area contributed by atoms with E-state index in [-0.39, 0.29) is 5.91 Å². The second kappa shape index (κ2) is 6.55. The summed E-state index contributed by atoms with van der Waals surface area (Å²) in [6.45, 7) is 1.90. The Bertz CT molecular complexity index is 583. The van der Waals surface area contributed by atoms with Gasteiger partial charge in [-0.2, -0.15) is 0 Å². The number of nitrogens with one attached hydrogen (secondary N) is 1. The lowest BCUT2D eigenvalue weighted by Gasteiger charge is -2.33. The maximum atomic E-state index is 12.1. The van der Waals surface area contributed by atoms with Gasteiger partial charge in [-0.1, -0.05) is 60.7 Å². The number of hydrogen-bond donors (Lipinski definition) is 1. The van der Waals surface area contributed by atoms with E-state index >= 15 is 0 Å². The molecule has 2 aromatic carbocycles. The van der Waals surface area contributed by atoms with Gasteiger partial charge in [-0.3, -0.25) is 4.79 Å². The van der Waals surface area contributed by atoms with E-state index in [1.807, 2.05) is 29.2 Å². The van der Waals surface area contributed by atoms with Crippen molar-refractivity contribution >= 4 is 5.91 Å². The average Bonchev–Trinajstić information content (AvgIpc) is 2.53. The van der Waals surface area contributed by atoms with Crippen LogP contribution in [-0.2, 0) is 17.8 Å². The highest BCUT2D eigenvalue weighted by Gasteiger charge is 2.25. The molecule has 1 saturated heterocycles. The summed E-state index contributed by atoms with van der Waals surface area (Å²) >= 11 is 0. The Hall–Kier alpha value is -2.13. The van der Waals surface area contributed by atoms with Gasteiger partial charge in [0.15, 0.2) is 0 Å². The first kappa shape index (κ1) is 13.8. The summed E-state index contributed by atoms with van der Waals surface area (Å²) in [6, 6.07) is 20.9. The van der Waals surface area contributed by atoms with Crippen LogP contribution < -0.4 is 5.32 Å². The largest absolute Gasteiger partial charge is 0.336 e. The molecule has 0 unspecified atom stereocenters. The smallest absolute Gasteiger partial charge is 0.236 e. The Balaban J connectivity index is 1.63. The predicted octanol–water partition coefficient (Wildman–Crippen LogP) is 2.23. The highest BCUT2D eigenvalue weighted by Crippen LogP contribution is 2.11. The molecule has 0 radical (unpaired) electrons. The molecule has 1 aliphatic rings. The Morgan fingerprint density at radius 2 is 1.57 bits per heavy atom. The van der Waals surface area contributed by atoms with Crippen molar-refractivity contribution in [2.24, 2.45) is 0 Å². The summed E-state index contributed by atoms with van der Waals surface area (Å²) in [5.74, 6) is 0.183. The van der Waals surface area contributed by atoms with E-state index in [2.05, 4.69) is 41.7 Å². The lowest BCUT2D eigenvalue weighted by molar-refractivity contribution is -0.133. The number of carbonyl (C=O) groups excluding carboxylic acids is 1. The SMILES string of the molecule is O=C1CN[C@@H](Cc2ccccc2)CN1Cc1ccccc1. The zero-order valence-electron chi connectivity index (χ0n) is 12.0. The molecule has 3 rings (SSSR count). The maximum Gasteiger partial charge on any atom is 0.236 e. The fraction of sp³-hybridized carbons (Fsp3) is 0.278. The first-order chi connectivity index (χ1) is 10.3. The van der Waals surface area contributed by atoms with Crippen molar-refractivity contribution in [1.82, 2.24) is 10.2 Å². The van der Waals surface area contributed by atoms with Gasteiger partial charge < -0.3 is 10.2 Å². The van der Waals surface area contributed by atoms with E-state index in [9.17, 15) is 4.79 Å². The number of nitrogens with zero attached hydrogens (tertiary/aromatic N) is 1. The lowest BCUT2D eigenvalue weighted by Crippen LogP contribution is -2.54. The first-order valence-corrected chi connectivity index (χ1v) is 7.40. The second-order valence-corrected chi connectivity index (χ2v) is 5.53. The summed E-state index contributed by atoms with van der Waals surface area (Å²) in [5.41, 5.74) is 2.50. The predicted molar refractivity (Wildman–Crippen MR) is 83.8 cm³/mol. The van der Waals surface area contributed by atoms with Crippen LogP contribution in [0.15, 0.2) is 60.7 Å². The van der Waals surface area contributed by atoms with E-state index in [1.54, 1.807) is 0 Å². The number of piperazine rings is 1. The molecule has 1 aliphatic heterocycles. The zero-order chi connectivity index (χ0) is 14.5. The van der Waals surface area contributed by atoms with E-state index in [1.165, 1.54) is 11.1 Å². The Labute approximate surface area is 125 Å². The highest BCUT2D eigenvalue weighted by atomic mass is 16.2. The molecular weight excluding hydrogens is 260 g/mol. The highest BCUT2D eigenvalue weighted by molar-refractivity contribution is 5.79. The molecule has 0 bridgehead atoms. The molecule has 108 valence electrons. The minimum atomic E-state index is 0.183. The van der Waals surface area contributed by atoms with Crippen LogP contribution in [-0.4, -0.2) is 29.9 Å². The molecule has 21 heavy (non-hydrogen) atoms. The monoisotopic (exact) mass is 280 g/mol. The van der Waals surface area contributed by atoms with Gasteiger partial charge in [0.25, 0.3) is 0 Å². The van der Waals surface area contributed by atoms with E-state index < -0.39 is 0 Å². The van der Waals surface area contributed by atoms with Crippen LogP contribution in [0.25, 0.3) is 0 Å². The van der Waals surface area contributed by atoms with E-state index in [4.69, 9.17) is 0 Å². The maximum absolute atomic E-state index is 12.1. The molecule has 2 aromatic rings. The fourth-order valence-corrected chi connectivity index (χ4v) is 2.77. The molecule has 1 atom stereocenters. The number of carbonyl (C=O) groups is 1. The van der Waals surface area contributed by atoms with E-state index in [0.29, 0.717) is 19.1 Å². The van der Waals surface area contributed by atoms with Crippen LogP contribution in [0, 0.1) is 0 Å². The Morgan fingerprint density at radius 3 is 2.24 bits per heavy atom. The van der Waals surface area contributed by atoms with Crippen molar-refractivity contribution in [3.8, 4) is 0 Å². The summed E-state index contributed by atoms with van der Waals surface area (Å²) in [6.07, 6.45) is 0.958. The molecule has 0 aromatic heterocycles. The van der Waals surface area contributed by atoms with Gasteiger partial charge >= 0.3 is 0 Å². The van der Waals surface area contributed by atoms with Gasteiger partial charge in [-0.25, -0.2) is 0 Å². The lowest BCUT2D eigenvalue weighted by atomic mass is 10.0. The van der Waals surface area contributed by atoms with Crippen molar-refractivity contribution in [3.63, 3.8) is 0 Å². The molecule has 3 nitrogen and oxygen atoms in total. The molecule has 3 heteroatoms. The first-order valence-electron chi connectivity index (χ1n) is 7.40. The number of benzene rings is 2. The fourth-order valence-electron chi connectivity index (χ4n) is 2.77. The molecule has 0 aliphatic carbocycles. The Morgan fingerprint density at radius 1 is 0.952 bits per heavy atom. The molecule has 1 N–H and O–H groups in total. The molecule has 0 saturated carbocycles. The normalized spacial score (nSPS) is 18.8. The summed E-state index contributed by atoms with van der Waals surface area (Å²) in [4.78, 5) is 14.0. The minimum Gasteiger partial charge on any atom is -0.336 e. The van der Waals surface area contributed by atoms with Crippen molar-refractivity contribution < 1.29 is 4.79 Å². The quantitative estimate of drug-likeness (QED) is 0.931. The zero-order valence-corrected chi connectivity index (χ0v) is 12.0. The minimum absolute atomic E-state index is 0.183. The van der Waals surface area contributed by atoms with Crippen molar-refractivity contribution in [2.45, 2.75) is 19.0 Å². The third-order valence-electron chi connectivity index (χ3n) is 3.88. The third kappa shape index (κ3) is 3.70. The van der Waals surface area contributed by atoms with Gasteiger partial charge in [-0.05, 0) is 17.5 Å². The number of rotatable bonds is 4. The van der Waals surface area contributed by atoms with E-state index in [0.717, 1.165) is 13.0 Å². The Kier molecular flexibility index (Phi) is 4.31. The third-order valence-corrected chi connectivity index (χ3v) is 3.88.